The van der Waals surface area contributed by atoms with Crippen LogP contribution in [0.1, 0.15) is 43.6 Å². The second-order valence-corrected chi connectivity index (χ2v) is 12.4. The second kappa shape index (κ2) is 10.9. The van der Waals surface area contributed by atoms with Gasteiger partial charge in [-0.15, -0.1) is 0 Å². The number of benzene rings is 1. The highest BCUT2D eigenvalue weighted by Crippen LogP contribution is 2.35. The van der Waals surface area contributed by atoms with Gasteiger partial charge < -0.3 is 9.74 Å². The maximum absolute atomic E-state index is 8.93. The van der Waals surface area contributed by atoms with E-state index in [2.05, 4.69) is 37.1 Å². The molecule has 1 atom stereocenters. The Balaban J connectivity index is 2.19. The van der Waals surface area contributed by atoms with E-state index < -0.39 is 8.32 Å². The molecule has 0 saturated carbocycles. The number of aromatic nitrogens is 1. The van der Waals surface area contributed by atoms with Gasteiger partial charge in [0.2, 0.25) is 0 Å². The molecule has 1 heterocycles. The summed E-state index contributed by atoms with van der Waals surface area (Å²) in [6, 6.07) is 12.9. The van der Waals surface area contributed by atoms with Crippen LogP contribution >= 0.6 is 23.2 Å². The van der Waals surface area contributed by atoms with Gasteiger partial charge in [-0.3, -0.25) is 0 Å². The van der Waals surface area contributed by atoms with Crippen LogP contribution in [0.25, 0.3) is 0 Å². The van der Waals surface area contributed by atoms with Crippen molar-refractivity contribution in [1.82, 2.24) is 5.32 Å². The lowest BCUT2D eigenvalue weighted by Gasteiger charge is -2.34. The molecule has 2 N–H and O–H groups in total. The van der Waals surface area contributed by atoms with Crippen LogP contribution in [0.5, 0.6) is 0 Å². The number of hydrogen-bond acceptors (Lipinski definition) is 3. The Bertz CT molecular complexity index is 776. The largest absolute Gasteiger partial charge is 0.409 e. The average molecular weight is 437 g/mol. The van der Waals surface area contributed by atoms with Crippen molar-refractivity contribution < 1.29 is 9.41 Å². The van der Waals surface area contributed by atoms with Crippen LogP contribution in [0.3, 0.4) is 0 Å². The number of nitriles is 1. The summed E-state index contributed by atoms with van der Waals surface area (Å²) in [5, 5.41) is 13.6. The van der Waals surface area contributed by atoms with Crippen molar-refractivity contribution >= 4 is 31.5 Å². The molecule has 0 saturated heterocycles. The molecule has 2 aromatic rings. The van der Waals surface area contributed by atoms with Gasteiger partial charge in [0.25, 0.3) is 0 Å². The SMILES string of the molecule is CC[Si](CC)(CC)OC(CNCc1ccc(C#N)cc1)c1c(Cl)c[nH+]cc1Cl. The van der Waals surface area contributed by atoms with Gasteiger partial charge in [-0.2, -0.15) is 5.26 Å². The van der Waals surface area contributed by atoms with Gasteiger partial charge in [0.1, 0.15) is 10.0 Å². The van der Waals surface area contributed by atoms with Crippen LogP contribution in [-0.2, 0) is 11.0 Å². The van der Waals surface area contributed by atoms with E-state index in [1.165, 1.54) is 0 Å². The van der Waals surface area contributed by atoms with Gasteiger partial charge in [-0.25, -0.2) is 4.98 Å². The number of nitrogens with zero attached hydrogens (tertiary/aromatic N) is 1. The Kier molecular flexibility index (Phi) is 8.93. The molecule has 1 unspecified atom stereocenters. The number of H-pyrrole nitrogens is 1. The number of hydrogen-bond donors (Lipinski definition) is 1. The summed E-state index contributed by atoms with van der Waals surface area (Å²) >= 11 is 12.9. The molecule has 0 amide bonds. The number of nitrogens with one attached hydrogen (secondary N) is 2. The molecular weight excluding hydrogens is 409 g/mol. The lowest BCUT2D eigenvalue weighted by atomic mass is 10.1. The molecule has 2 rings (SSSR count). The number of halogens is 2. The fourth-order valence-corrected chi connectivity index (χ4v) is 6.74. The molecule has 0 spiro atoms. The highest BCUT2D eigenvalue weighted by molar-refractivity contribution is 6.73. The third-order valence-corrected chi connectivity index (χ3v) is 10.6. The molecule has 28 heavy (non-hydrogen) atoms. The number of pyridine rings is 1. The summed E-state index contributed by atoms with van der Waals surface area (Å²) in [5.74, 6) is 0. The number of aromatic amines is 1. The summed E-state index contributed by atoms with van der Waals surface area (Å²) in [4.78, 5) is 2.97. The predicted octanol–water partition coefficient (Wildman–Crippen LogP) is 5.53. The van der Waals surface area contributed by atoms with Gasteiger partial charge in [-0.1, -0.05) is 56.1 Å². The van der Waals surface area contributed by atoms with E-state index in [-0.39, 0.29) is 6.10 Å². The first-order valence-corrected chi connectivity index (χ1v) is 13.0. The Labute approximate surface area is 179 Å². The van der Waals surface area contributed by atoms with Crippen molar-refractivity contribution in [2.75, 3.05) is 6.54 Å². The monoisotopic (exact) mass is 436 g/mol. The molecule has 7 heteroatoms. The fourth-order valence-electron chi connectivity index (χ4n) is 3.31. The van der Waals surface area contributed by atoms with E-state index in [0.29, 0.717) is 28.7 Å². The van der Waals surface area contributed by atoms with Crippen molar-refractivity contribution in [2.24, 2.45) is 0 Å². The quantitative estimate of drug-likeness (QED) is 0.497. The zero-order chi connectivity index (χ0) is 20.6. The van der Waals surface area contributed by atoms with E-state index in [0.717, 1.165) is 29.3 Å². The van der Waals surface area contributed by atoms with Crippen LogP contribution in [0.4, 0.5) is 0 Å². The zero-order valence-corrected chi connectivity index (χ0v) is 19.2. The molecule has 4 nitrogen and oxygen atoms in total. The minimum Gasteiger partial charge on any atom is -0.409 e. The predicted molar refractivity (Wildman–Crippen MR) is 117 cm³/mol. The maximum atomic E-state index is 8.93. The van der Waals surface area contributed by atoms with Crippen molar-refractivity contribution in [1.29, 1.82) is 5.26 Å². The molecule has 0 fully saturated rings. The van der Waals surface area contributed by atoms with Gasteiger partial charge >= 0.3 is 0 Å². The van der Waals surface area contributed by atoms with E-state index in [1.54, 1.807) is 12.4 Å². The first kappa shape index (κ1) is 22.9. The van der Waals surface area contributed by atoms with Crippen LogP contribution in [0, 0.1) is 11.3 Å². The smallest absolute Gasteiger partial charge is 0.192 e. The molecule has 1 aromatic heterocycles. The Morgan fingerprint density at radius 2 is 1.64 bits per heavy atom. The van der Waals surface area contributed by atoms with Gasteiger partial charge in [0.15, 0.2) is 20.7 Å². The van der Waals surface area contributed by atoms with Crippen LogP contribution < -0.4 is 10.3 Å². The zero-order valence-electron chi connectivity index (χ0n) is 16.7. The first-order chi connectivity index (χ1) is 13.5. The Morgan fingerprint density at radius 3 is 2.14 bits per heavy atom. The van der Waals surface area contributed by atoms with E-state index >= 15 is 0 Å². The topological polar surface area (TPSA) is 59.2 Å². The van der Waals surface area contributed by atoms with E-state index in [1.807, 2.05) is 24.3 Å². The van der Waals surface area contributed by atoms with Gasteiger partial charge in [0, 0.05) is 18.7 Å². The lowest BCUT2D eigenvalue weighted by molar-refractivity contribution is -0.377. The minimum atomic E-state index is -1.85. The second-order valence-electron chi connectivity index (χ2n) is 6.85. The Morgan fingerprint density at radius 1 is 1.07 bits per heavy atom. The molecule has 0 radical (unpaired) electrons. The first-order valence-electron chi connectivity index (χ1n) is 9.71. The lowest BCUT2D eigenvalue weighted by Crippen LogP contribution is -2.40. The van der Waals surface area contributed by atoms with Gasteiger partial charge in [-0.05, 0) is 35.8 Å². The molecule has 0 bridgehead atoms. The summed E-state index contributed by atoms with van der Waals surface area (Å²) < 4.78 is 6.76. The molecule has 150 valence electrons. The third-order valence-electron chi connectivity index (χ3n) is 5.32. The summed E-state index contributed by atoms with van der Waals surface area (Å²) in [6.45, 7) is 7.92. The van der Waals surface area contributed by atoms with Crippen molar-refractivity contribution in [2.45, 2.75) is 51.6 Å². The number of rotatable bonds is 10. The van der Waals surface area contributed by atoms with Crippen molar-refractivity contribution in [3.8, 4) is 6.07 Å². The van der Waals surface area contributed by atoms with Crippen molar-refractivity contribution in [3.63, 3.8) is 0 Å². The van der Waals surface area contributed by atoms with Crippen LogP contribution in [-0.4, -0.2) is 14.9 Å². The van der Waals surface area contributed by atoms with E-state index in [4.69, 9.17) is 32.9 Å². The van der Waals surface area contributed by atoms with Crippen molar-refractivity contribution in [3.05, 3.63) is 63.4 Å². The Hall–Kier alpha value is -1.42. The summed E-state index contributed by atoms with van der Waals surface area (Å²) in [7, 11) is -1.85. The highest BCUT2D eigenvalue weighted by atomic mass is 35.5. The molecular formula is C21H28Cl2N3OSi+. The van der Waals surface area contributed by atoms with Gasteiger partial charge in [0.05, 0.1) is 17.7 Å². The summed E-state index contributed by atoms with van der Waals surface area (Å²) in [6.07, 6.45) is 3.28. The van der Waals surface area contributed by atoms with E-state index in [9.17, 15) is 0 Å². The standard InChI is InChI=1S/C21H27Cl2N3OSi/c1-4-28(5-2,6-3)27-20(21-18(22)13-26-14-19(21)23)15-25-12-17-9-7-16(11-24)8-10-17/h7-10,13-14,20,25H,4-6,12,15H2,1-3H3/p+1. The molecule has 0 aliphatic carbocycles. The summed E-state index contributed by atoms with van der Waals surface area (Å²) in [5.41, 5.74) is 2.61. The maximum Gasteiger partial charge on any atom is 0.192 e. The van der Waals surface area contributed by atoms with Crippen LogP contribution in [0.2, 0.25) is 28.2 Å². The molecule has 1 aromatic carbocycles. The normalized spacial score (nSPS) is 12.6. The third kappa shape index (κ3) is 5.79. The van der Waals surface area contributed by atoms with Crippen LogP contribution in [0.15, 0.2) is 36.7 Å². The highest BCUT2D eigenvalue weighted by Gasteiger charge is 2.34. The molecule has 0 aliphatic heterocycles. The average Bonchev–Trinajstić information content (AvgIpc) is 2.72. The minimum absolute atomic E-state index is 0.209. The fraction of sp³-hybridized carbons (Fsp3) is 0.429. The molecule has 0 aliphatic rings.